The minimum Gasteiger partial charge on any atom is -0.392 e. The normalized spacial score (nSPS) is 21.8. The summed E-state index contributed by atoms with van der Waals surface area (Å²) in [6.07, 6.45) is 3.44. The van der Waals surface area contributed by atoms with Crippen LogP contribution < -0.4 is 0 Å². The van der Waals surface area contributed by atoms with Crippen LogP contribution in [0.2, 0.25) is 0 Å². The van der Waals surface area contributed by atoms with Crippen molar-refractivity contribution in [2.24, 2.45) is 5.41 Å². The summed E-state index contributed by atoms with van der Waals surface area (Å²) in [5, 5.41) is 8.98. The van der Waals surface area contributed by atoms with Crippen LogP contribution in [0.3, 0.4) is 0 Å². The minimum absolute atomic E-state index is 0.0124. The van der Waals surface area contributed by atoms with Gasteiger partial charge in [-0.2, -0.15) is 0 Å². The molecule has 1 rings (SSSR count). The van der Waals surface area contributed by atoms with Crippen LogP contribution in [-0.2, 0) is 4.79 Å². The van der Waals surface area contributed by atoms with Crippen molar-refractivity contribution in [3.8, 4) is 0 Å². The van der Waals surface area contributed by atoms with Crippen molar-refractivity contribution in [2.45, 2.75) is 20.8 Å². The molecule has 0 fully saturated rings. The Labute approximate surface area is 72.6 Å². The summed E-state index contributed by atoms with van der Waals surface area (Å²) in [5.74, 6) is 0.0124. The Balaban J connectivity index is 3.06. The van der Waals surface area contributed by atoms with E-state index in [1.807, 2.05) is 19.9 Å². The second kappa shape index (κ2) is 2.87. The van der Waals surface area contributed by atoms with Crippen molar-refractivity contribution >= 4 is 5.78 Å². The Kier molecular flexibility index (Phi) is 2.20. The molecule has 0 aromatic heterocycles. The average Bonchev–Trinajstić information content (AvgIpc) is 1.96. The van der Waals surface area contributed by atoms with Gasteiger partial charge in [0.2, 0.25) is 0 Å². The van der Waals surface area contributed by atoms with Crippen LogP contribution in [0.15, 0.2) is 23.3 Å². The molecule has 1 N–H and O–H groups in total. The van der Waals surface area contributed by atoms with Crippen molar-refractivity contribution in [3.63, 3.8) is 0 Å². The number of aliphatic hydroxyl groups excluding tert-OH is 1. The Morgan fingerprint density at radius 2 is 2.08 bits per heavy atom. The Morgan fingerprint density at radius 3 is 2.58 bits per heavy atom. The van der Waals surface area contributed by atoms with Crippen LogP contribution in [0, 0.1) is 5.41 Å². The first kappa shape index (κ1) is 9.20. The molecule has 0 saturated carbocycles. The second-order valence-electron chi connectivity index (χ2n) is 3.74. The topological polar surface area (TPSA) is 37.3 Å². The van der Waals surface area contributed by atoms with E-state index in [4.69, 9.17) is 5.11 Å². The van der Waals surface area contributed by atoms with Crippen LogP contribution in [0.4, 0.5) is 0 Å². The highest BCUT2D eigenvalue weighted by Gasteiger charge is 2.25. The SMILES string of the molecule is CC1=CC(C)(C)C(CO)=CC1=O. The summed E-state index contributed by atoms with van der Waals surface area (Å²) in [5.41, 5.74) is 1.38. The predicted molar refractivity (Wildman–Crippen MR) is 47.7 cm³/mol. The third-order valence-corrected chi connectivity index (χ3v) is 2.27. The van der Waals surface area contributed by atoms with Crippen molar-refractivity contribution in [1.82, 2.24) is 0 Å². The molecule has 0 bridgehead atoms. The van der Waals surface area contributed by atoms with Gasteiger partial charge in [0.05, 0.1) is 6.61 Å². The van der Waals surface area contributed by atoms with Gasteiger partial charge in [0.15, 0.2) is 5.78 Å². The van der Waals surface area contributed by atoms with Gasteiger partial charge in [-0.25, -0.2) is 0 Å². The molecule has 0 amide bonds. The zero-order valence-electron chi connectivity index (χ0n) is 7.72. The first-order valence-electron chi connectivity index (χ1n) is 4.03. The number of rotatable bonds is 1. The molecule has 0 atom stereocenters. The Morgan fingerprint density at radius 1 is 1.50 bits per heavy atom. The number of carbonyl (C=O) groups excluding carboxylic acids is 1. The number of ketones is 1. The molecule has 1 aliphatic rings. The van der Waals surface area contributed by atoms with Gasteiger partial charge in [-0.1, -0.05) is 19.9 Å². The lowest BCUT2D eigenvalue weighted by Gasteiger charge is -2.27. The average molecular weight is 166 g/mol. The molecule has 0 aliphatic heterocycles. The van der Waals surface area contributed by atoms with E-state index >= 15 is 0 Å². The zero-order valence-corrected chi connectivity index (χ0v) is 7.72. The van der Waals surface area contributed by atoms with Crippen molar-refractivity contribution in [2.75, 3.05) is 6.61 Å². The fourth-order valence-electron chi connectivity index (χ4n) is 1.41. The van der Waals surface area contributed by atoms with Gasteiger partial charge in [-0.15, -0.1) is 0 Å². The molecule has 0 aromatic carbocycles. The summed E-state index contributed by atoms with van der Waals surface area (Å²) < 4.78 is 0. The fourth-order valence-corrected chi connectivity index (χ4v) is 1.41. The maximum absolute atomic E-state index is 11.2. The third kappa shape index (κ3) is 1.48. The van der Waals surface area contributed by atoms with E-state index in [2.05, 4.69) is 0 Å². The molecule has 0 radical (unpaired) electrons. The number of aliphatic hydroxyl groups is 1. The molecular formula is C10H14O2. The van der Waals surface area contributed by atoms with Gasteiger partial charge in [0, 0.05) is 5.41 Å². The van der Waals surface area contributed by atoms with E-state index in [1.54, 1.807) is 6.92 Å². The predicted octanol–water partition coefficient (Wildman–Crippen LogP) is 1.46. The molecule has 0 unspecified atom stereocenters. The highest BCUT2D eigenvalue weighted by Crippen LogP contribution is 2.32. The van der Waals surface area contributed by atoms with Crippen LogP contribution in [-0.4, -0.2) is 17.5 Å². The van der Waals surface area contributed by atoms with Crippen LogP contribution in [0.1, 0.15) is 20.8 Å². The van der Waals surface area contributed by atoms with Crippen LogP contribution >= 0.6 is 0 Å². The lowest BCUT2D eigenvalue weighted by atomic mass is 9.78. The largest absolute Gasteiger partial charge is 0.392 e. The molecule has 2 heteroatoms. The first-order valence-corrected chi connectivity index (χ1v) is 4.03. The zero-order chi connectivity index (χ0) is 9.35. The summed E-state index contributed by atoms with van der Waals surface area (Å²) in [4.78, 5) is 11.2. The van der Waals surface area contributed by atoms with Crippen molar-refractivity contribution in [1.29, 1.82) is 0 Å². The number of hydrogen-bond donors (Lipinski definition) is 1. The second-order valence-corrected chi connectivity index (χ2v) is 3.74. The fraction of sp³-hybridized carbons (Fsp3) is 0.500. The van der Waals surface area contributed by atoms with Crippen molar-refractivity contribution in [3.05, 3.63) is 23.3 Å². The lowest BCUT2D eigenvalue weighted by Crippen LogP contribution is -2.21. The van der Waals surface area contributed by atoms with E-state index in [-0.39, 0.29) is 17.8 Å². The summed E-state index contributed by atoms with van der Waals surface area (Å²) in [6, 6.07) is 0. The maximum atomic E-state index is 11.2. The summed E-state index contributed by atoms with van der Waals surface area (Å²) in [7, 11) is 0. The number of hydrogen-bond acceptors (Lipinski definition) is 2. The van der Waals surface area contributed by atoms with Gasteiger partial charge in [-0.05, 0) is 24.1 Å². The van der Waals surface area contributed by atoms with Gasteiger partial charge in [0.25, 0.3) is 0 Å². The Hall–Kier alpha value is -0.890. The molecular weight excluding hydrogens is 152 g/mol. The van der Waals surface area contributed by atoms with E-state index in [0.717, 1.165) is 11.1 Å². The first-order chi connectivity index (χ1) is 5.47. The van der Waals surface area contributed by atoms with E-state index in [0.29, 0.717) is 0 Å². The summed E-state index contributed by atoms with van der Waals surface area (Å²) >= 11 is 0. The van der Waals surface area contributed by atoms with Crippen LogP contribution in [0.5, 0.6) is 0 Å². The van der Waals surface area contributed by atoms with Crippen LogP contribution in [0.25, 0.3) is 0 Å². The third-order valence-electron chi connectivity index (χ3n) is 2.27. The summed E-state index contributed by atoms with van der Waals surface area (Å²) in [6.45, 7) is 5.74. The van der Waals surface area contributed by atoms with E-state index in [1.165, 1.54) is 6.08 Å². The molecule has 0 aromatic rings. The molecule has 66 valence electrons. The minimum atomic E-state index is -0.174. The van der Waals surface area contributed by atoms with E-state index < -0.39 is 0 Å². The highest BCUT2D eigenvalue weighted by atomic mass is 16.3. The molecule has 0 spiro atoms. The molecule has 0 heterocycles. The molecule has 1 aliphatic carbocycles. The van der Waals surface area contributed by atoms with Gasteiger partial charge in [0.1, 0.15) is 0 Å². The maximum Gasteiger partial charge on any atom is 0.181 e. The number of carbonyl (C=O) groups is 1. The lowest BCUT2D eigenvalue weighted by molar-refractivity contribution is -0.111. The quantitative estimate of drug-likeness (QED) is 0.640. The van der Waals surface area contributed by atoms with Gasteiger partial charge >= 0.3 is 0 Å². The molecule has 12 heavy (non-hydrogen) atoms. The van der Waals surface area contributed by atoms with Gasteiger partial charge in [-0.3, -0.25) is 4.79 Å². The van der Waals surface area contributed by atoms with E-state index in [9.17, 15) is 4.79 Å². The smallest absolute Gasteiger partial charge is 0.181 e. The van der Waals surface area contributed by atoms with Gasteiger partial charge < -0.3 is 5.11 Å². The highest BCUT2D eigenvalue weighted by molar-refractivity contribution is 6.05. The monoisotopic (exact) mass is 166 g/mol. The standard InChI is InChI=1S/C10H14O2/c1-7-5-10(2,3)8(6-11)4-9(7)12/h4-5,11H,6H2,1-3H3. The Bertz CT molecular complexity index is 270. The van der Waals surface area contributed by atoms with Crippen molar-refractivity contribution < 1.29 is 9.90 Å². The molecule has 2 nitrogen and oxygen atoms in total. The number of allylic oxidation sites excluding steroid dienone is 3. The molecule has 0 saturated heterocycles.